The molecule has 0 saturated carbocycles. The summed E-state index contributed by atoms with van der Waals surface area (Å²) in [5.74, 6) is 0. The molecule has 0 unspecified atom stereocenters. The molecule has 0 spiro atoms. The molecule has 0 fully saturated rings. The van der Waals surface area contributed by atoms with Crippen molar-refractivity contribution in [2.24, 2.45) is 0 Å². The van der Waals surface area contributed by atoms with E-state index in [0.29, 0.717) is 65.9 Å². The van der Waals surface area contributed by atoms with Gasteiger partial charge in [-0.1, -0.05) is 0 Å². The third kappa shape index (κ3) is 22.7. The molecule has 2 N–H and O–H groups in total. The fourth-order valence-corrected chi connectivity index (χ4v) is 1.84. The van der Waals surface area contributed by atoms with Crippen molar-refractivity contribution in [3.05, 3.63) is 0 Å². The topological polar surface area (TPSA) is 114 Å². The van der Waals surface area contributed by atoms with E-state index in [-0.39, 0.29) is 0 Å². The summed E-state index contributed by atoms with van der Waals surface area (Å²) in [6.45, 7) is 15.1. The Balaban J connectivity index is 3.25. The number of alkyl carbamates (subject to hydrolysis) is 2. The first-order valence-corrected chi connectivity index (χ1v) is 10.2. The van der Waals surface area contributed by atoms with Crippen LogP contribution in [0.5, 0.6) is 0 Å². The normalized spacial score (nSPS) is 11.8. The molecule has 0 aromatic carbocycles. The zero-order chi connectivity index (χ0) is 22.9. The highest BCUT2D eigenvalue weighted by molar-refractivity contribution is 5.67. The van der Waals surface area contributed by atoms with Crippen molar-refractivity contribution in [2.75, 3.05) is 65.9 Å². The number of carbonyl (C=O) groups is 2. The van der Waals surface area contributed by atoms with Gasteiger partial charge in [0, 0.05) is 13.1 Å². The molecule has 0 rings (SSSR count). The first kappa shape index (κ1) is 28.4. The Morgan fingerprint density at radius 3 is 1.07 bits per heavy atom. The summed E-state index contributed by atoms with van der Waals surface area (Å²) in [6, 6.07) is 0. The number of ether oxygens (including phenoxy) is 6. The molecule has 0 aliphatic carbocycles. The number of amides is 2. The number of carbonyl (C=O) groups excluding carboxylic acids is 2. The van der Waals surface area contributed by atoms with Crippen molar-refractivity contribution in [1.82, 2.24) is 10.6 Å². The quantitative estimate of drug-likeness (QED) is 0.375. The molecular weight excluding hydrogens is 396 g/mol. The Kier molecular flexibility index (Phi) is 15.2. The van der Waals surface area contributed by atoms with Crippen molar-refractivity contribution in [2.45, 2.75) is 52.7 Å². The van der Waals surface area contributed by atoms with Gasteiger partial charge in [0.2, 0.25) is 0 Å². The molecule has 2 amide bonds. The Labute approximate surface area is 180 Å². The van der Waals surface area contributed by atoms with Crippen LogP contribution >= 0.6 is 0 Å². The molecule has 0 aromatic heterocycles. The second-order valence-corrected chi connectivity index (χ2v) is 8.31. The van der Waals surface area contributed by atoms with Gasteiger partial charge in [0.1, 0.15) is 11.2 Å². The van der Waals surface area contributed by atoms with Gasteiger partial charge in [-0.25, -0.2) is 9.59 Å². The third-order valence-electron chi connectivity index (χ3n) is 2.95. The summed E-state index contributed by atoms with van der Waals surface area (Å²) in [4.78, 5) is 22.8. The summed E-state index contributed by atoms with van der Waals surface area (Å²) >= 11 is 0. The lowest BCUT2D eigenvalue weighted by Gasteiger charge is -2.19. The lowest BCUT2D eigenvalue weighted by molar-refractivity contribution is -0.00184. The summed E-state index contributed by atoms with van der Waals surface area (Å²) in [7, 11) is 0. The Morgan fingerprint density at radius 1 is 0.533 bits per heavy atom. The first-order chi connectivity index (χ1) is 14.0. The van der Waals surface area contributed by atoms with Crippen LogP contribution in [0.3, 0.4) is 0 Å². The molecule has 178 valence electrons. The largest absolute Gasteiger partial charge is 0.444 e. The van der Waals surface area contributed by atoms with Gasteiger partial charge in [0.05, 0.1) is 52.9 Å². The van der Waals surface area contributed by atoms with E-state index in [1.54, 1.807) is 0 Å². The van der Waals surface area contributed by atoms with Crippen molar-refractivity contribution in [3.63, 3.8) is 0 Å². The van der Waals surface area contributed by atoms with E-state index in [2.05, 4.69) is 10.6 Å². The molecule has 30 heavy (non-hydrogen) atoms. The van der Waals surface area contributed by atoms with Gasteiger partial charge >= 0.3 is 12.2 Å². The smallest absolute Gasteiger partial charge is 0.407 e. The maximum atomic E-state index is 11.4. The van der Waals surface area contributed by atoms with E-state index < -0.39 is 23.4 Å². The fraction of sp³-hybridized carbons (Fsp3) is 0.900. The zero-order valence-electron chi connectivity index (χ0n) is 19.3. The van der Waals surface area contributed by atoms with Crippen LogP contribution in [0.2, 0.25) is 0 Å². The van der Waals surface area contributed by atoms with Crippen molar-refractivity contribution in [1.29, 1.82) is 0 Å². The van der Waals surface area contributed by atoms with Gasteiger partial charge in [0.15, 0.2) is 0 Å². The van der Waals surface area contributed by atoms with Crippen LogP contribution < -0.4 is 10.6 Å². The predicted octanol–water partition coefficient (Wildman–Crippen LogP) is 2.10. The summed E-state index contributed by atoms with van der Waals surface area (Å²) < 4.78 is 31.7. The molecule has 0 atom stereocenters. The minimum absolute atomic E-state index is 0.380. The van der Waals surface area contributed by atoms with Crippen LogP contribution in [0.4, 0.5) is 9.59 Å². The van der Waals surface area contributed by atoms with Crippen molar-refractivity contribution in [3.8, 4) is 0 Å². The average molecular weight is 437 g/mol. The maximum absolute atomic E-state index is 11.4. The van der Waals surface area contributed by atoms with Gasteiger partial charge in [-0.3, -0.25) is 0 Å². The highest BCUT2D eigenvalue weighted by atomic mass is 16.6. The van der Waals surface area contributed by atoms with Gasteiger partial charge in [-0.15, -0.1) is 0 Å². The molecule has 0 aliphatic heterocycles. The first-order valence-electron chi connectivity index (χ1n) is 10.2. The SMILES string of the molecule is CC(C)(C)OC(=O)NCCOCCOCCOCCOCCNC(=O)OC(C)(C)C. The molecule has 0 radical (unpaired) electrons. The second kappa shape index (κ2) is 16.1. The van der Waals surface area contributed by atoms with Gasteiger partial charge < -0.3 is 39.1 Å². The van der Waals surface area contributed by atoms with Crippen LogP contribution in [0, 0.1) is 0 Å². The molecule has 0 bridgehead atoms. The number of hydrogen-bond acceptors (Lipinski definition) is 8. The van der Waals surface area contributed by atoms with Crippen molar-refractivity contribution < 1.29 is 38.0 Å². The van der Waals surface area contributed by atoms with Crippen LogP contribution in [0.15, 0.2) is 0 Å². The molecule has 10 heteroatoms. The van der Waals surface area contributed by atoms with Gasteiger partial charge in [-0.05, 0) is 41.5 Å². The molecule has 0 aliphatic rings. The number of nitrogens with one attached hydrogen (secondary N) is 2. The third-order valence-corrected chi connectivity index (χ3v) is 2.95. The Morgan fingerprint density at radius 2 is 0.800 bits per heavy atom. The molecule has 10 nitrogen and oxygen atoms in total. The summed E-state index contributed by atoms with van der Waals surface area (Å²) in [6.07, 6.45) is -0.912. The fourth-order valence-electron chi connectivity index (χ4n) is 1.84. The maximum Gasteiger partial charge on any atom is 0.407 e. The van der Waals surface area contributed by atoms with E-state index in [1.807, 2.05) is 41.5 Å². The van der Waals surface area contributed by atoms with E-state index in [9.17, 15) is 9.59 Å². The highest BCUT2D eigenvalue weighted by Crippen LogP contribution is 2.06. The zero-order valence-corrected chi connectivity index (χ0v) is 19.3. The predicted molar refractivity (Wildman–Crippen MR) is 112 cm³/mol. The van der Waals surface area contributed by atoms with Gasteiger partial charge in [0.25, 0.3) is 0 Å². The van der Waals surface area contributed by atoms with Crippen LogP contribution in [0.25, 0.3) is 0 Å². The standard InChI is InChI=1S/C20H40N2O8/c1-19(2,3)29-17(23)21-7-9-25-11-13-27-15-16-28-14-12-26-10-8-22-18(24)30-20(4,5)6/h7-16H2,1-6H3,(H,21,23)(H,22,24). The Hall–Kier alpha value is -1.62. The van der Waals surface area contributed by atoms with E-state index in [1.165, 1.54) is 0 Å². The number of rotatable bonds is 15. The molecule has 0 saturated heterocycles. The van der Waals surface area contributed by atoms with Crippen LogP contribution in [-0.4, -0.2) is 89.3 Å². The molecule has 0 aromatic rings. The van der Waals surface area contributed by atoms with Crippen molar-refractivity contribution >= 4 is 12.2 Å². The van der Waals surface area contributed by atoms with E-state index in [4.69, 9.17) is 28.4 Å². The van der Waals surface area contributed by atoms with E-state index in [0.717, 1.165) is 0 Å². The highest BCUT2D eigenvalue weighted by Gasteiger charge is 2.16. The Bertz CT molecular complexity index is 419. The molecular formula is C20H40N2O8. The van der Waals surface area contributed by atoms with E-state index >= 15 is 0 Å². The monoisotopic (exact) mass is 436 g/mol. The average Bonchev–Trinajstić information content (AvgIpc) is 2.58. The second-order valence-electron chi connectivity index (χ2n) is 8.31. The van der Waals surface area contributed by atoms with Crippen LogP contribution in [-0.2, 0) is 28.4 Å². The lowest BCUT2D eigenvalue weighted by atomic mass is 10.2. The summed E-state index contributed by atoms with van der Waals surface area (Å²) in [5.41, 5.74) is -1.02. The minimum atomic E-state index is -0.508. The summed E-state index contributed by atoms with van der Waals surface area (Å²) in [5, 5.41) is 5.22. The van der Waals surface area contributed by atoms with Crippen LogP contribution in [0.1, 0.15) is 41.5 Å². The number of hydrogen-bond donors (Lipinski definition) is 2. The lowest BCUT2D eigenvalue weighted by Crippen LogP contribution is -2.34. The van der Waals surface area contributed by atoms with Gasteiger partial charge in [-0.2, -0.15) is 0 Å². The minimum Gasteiger partial charge on any atom is -0.444 e. The molecule has 0 heterocycles.